The summed E-state index contributed by atoms with van der Waals surface area (Å²) < 4.78 is 33.9. The van der Waals surface area contributed by atoms with Crippen molar-refractivity contribution >= 4 is 0 Å². The van der Waals surface area contributed by atoms with Crippen LogP contribution < -0.4 is 18.9 Å². The Morgan fingerprint density at radius 3 is 1.12 bits per heavy atom. The summed E-state index contributed by atoms with van der Waals surface area (Å²) in [5.74, 6) is 3.04. The van der Waals surface area contributed by atoms with E-state index in [-0.39, 0.29) is 32.5 Å². The van der Waals surface area contributed by atoms with Gasteiger partial charge in [0, 0.05) is 0 Å². The van der Waals surface area contributed by atoms with E-state index in [9.17, 15) is 0 Å². The predicted molar refractivity (Wildman–Crippen MR) is 166 cm³/mol. The molecule has 0 aliphatic heterocycles. The Labute approximate surface area is 253 Å². The van der Waals surface area contributed by atoms with Crippen molar-refractivity contribution in [3.8, 4) is 45.3 Å². The Kier molecular flexibility index (Phi) is 13.2. The topological polar surface area (TPSA) is 95.8 Å². The summed E-state index contributed by atoms with van der Waals surface area (Å²) in [4.78, 5) is 0. The molecule has 0 spiro atoms. The lowest BCUT2D eigenvalue weighted by Gasteiger charge is -2.14. The average Bonchev–Trinajstić information content (AvgIpc) is 3.06. The predicted octanol–water partition coefficient (Wildman–Crippen LogP) is 5.64. The molecule has 0 saturated heterocycles. The molecule has 228 valence electrons. The summed E-state index contributed by atoms with van der Waals surface area (Å²) in [7, 11) is 0. The molecule has 0 heterocycles. The number of aliphatic hydroxyl groups excluding tert-OH is 2. The monoisotopic (exact) mass is 588 g/mol. The second-order valence-electron chi connectivity index (χ2n) is 9.69. The van der Waals surface area contributed by atoms with Crippen molar-refractivity contribution in [3.63, 3.8) is 0 Å². The van der Waals surface area contributed by atoms with E-state index in [4.69, 9.17) is 38.6 Å². The van der Waals surface area contributed by atoms with Crippen LogP contribution in [0.5, 0.6) is 23.0 Å². The van der Waals surface area contributed by atoms with Crippen LogP contribution in [0.1, 0.15) is 6.92 Å². The molecule has 2 N–H and O–H groups in total. The highest BCUT2D eigenvalue weighted by Gasteiger charge is 2.05. The van der Waals surface area contributed by atoms with Crippen molar-refractivity contribution in [2.24, 2.45) is 0 Å². The molecule has 1 atom stereocenters. The van der Waals surface area contributed by atoms with Gasteiger partial charge in [0.2, 0.25) is 0 Å². The molecule has 0 aromatic heterocycles. The molecular formula is C35H40O8. The van der Waals surface area contributed by atoms with Crippen LogP contribution in [0.25, 0.3) is 22.3 Å². The van der Waals surface area contributed by atoms with Gasteiger partial charge in [0.25, 0.3) is 0 Å². The first-order valence-corrected chi connectivity index (χ1v) is 14.5. The SMILES string of the molecule is CC(COCCOc1ccc(-c2ccc(OCCO)cc2)cc1)OCCOc1ccc(-c2ccc(OCCO)cc2)cc1. The van der Waals surface area contributed by atoms with Crippen LogP contribution in [0, 0.1) is 0 Å². The van der Waals surface area contributed by atoms with Crippen molar-refractivity contribution in [2.75, 3.05) is 59.5 Å². The molecule has 8 nitrogen and oxygen atoms in total. The minimum absolute atomic E-state index is 0.00328. The Morgan fingerprint density at radius 1 is 0.442 bits per heavy atom. The zero-order valence-corrected chi connectivity index (χ0v) is 24.5. The van der Waals surface area contributed by atoms with Gasteiger partial charge in [-0.1, -0.05) is 48.5 Å². The average molecular weight is 589 g/mol. The second-order valence-corrected chi connectivity index (χ2v) is 9.69. The molecule has 1 unspecified atom stereocenters. The molecule has 0 aliphatic rings. The zero-order chi connectivity index (χ0) is 30.1. The molecule has 43 heavy (non-hydrogen) atoms. The van der Waals surface area contributed by atoms with E-state index in [1.54, 1.807) is 0 Å². The van der Waals surface area contributed by atoms with Crippen LogP contribution in [0.2, 0.25) is 0 Å². The van der Waals surface area contributed by atoms with Gasteiger partial charge in [0.1, 0.15) is 49.4 Å². The third kappa shape index (κ3) is 10.9. The molecule has 0 bridgehead atoms. The molecule has 0 saturated carbocycles. The first-order valence-electron chi connectivity index (χ1n) is 14.5. The van der Waals surface area contributed by atoms with Crippen LogP contribution >= 0.6 is 0 Å². The third-order valence-electron chi connectivity index (χ3n) is 6.41. The number of benzene rings is 4. The van der Waals surface area contributed by atoms with Gasteiger partial charge in [-0.25, -0.2) is 0 Å². The molecule has 0 amide bonds. The largest absolute Gasteiger partial charge is 0.491 e. The molecular weight excluding hydrogens is 548 g/mol. The molecule has 0 fully saturated rings. The van der Waals surface area contributed by atoms with Crippen molar-refractivity contribution in [1.29, 1.82) is 0 Å². The molecule has 4 aromatic carbocycles. The normalized spacial score (nSPS) is 11.6. The van der Waals surface area contributed by atoms with Gasteiger partial charge in [0.05, 0.1) is 39.1 Å². The summed E-state index contributed by atoms with van der Waals surface area (Å²) in [5, 5.41) is 17.7. The van der Waals surface area contributed by atoms with E-state index in [1.165, 1.54) is 0 Å². The smallest absolute Gasteiger partial charge is 0.119 e. The van der Waals surface area contributed by atoms with Gasteiger partial charge in [-0.2, -0.15) is 0 Å². The number of aliphatic hydroxyl groups is 2. The fraction of sp³-hybridized carbons (Fsp3) is 0.314. The minimum Gasteiger partial charge on any atom is -0.491 e. The van der Waals surface area contributed by atoms with Gasteiger partial charge in [0.15, 0.2) is 0 Å². The van der Waals surface area contributed by atoms with Crippen molar-refractivity contribution in [2.45, 2.75) is 13.0 Å². The summed E-state index contributed by atoms with van der Waals surface area (Å²) in [5.41, 5.74) is 4.31. The van der Waals surface area contributed by atoms with Gasteiger partial charge in [-0.05, 0) is 77.7 Å². The Hall–Kier alpha value is -4.08. The van der Waals surface area contributed by atoms with E-state index in [2.05, 4.69) is 0 Å². The number of ether oxygens (including phenoxy) is 6. The summed E-state index contributed by atoms with van der Waals surface area (Å²) in [6.07, 6.45) is -0.0602. The maximum absolute atomic E-state index is 8.86. The highest BCUT2D eigenvalue weighted by atomic mass is 16.6. The fourth-order valence-corrected chi connectivity index (χ4v) is 4.23. The van der Waals surface area contributed by atoms with Gasteiger partial charge in [-0.15, -0.1) is 0 Å². The maximum atomic E-state index is 8.86. The Balaban J connectivity index is 1.06. The van der Waals surface area contributed by atoms with Crippen LogP contribution in [-0.2, 0) is 9.47 Å². The first-order chi connectivity index (χ1) is 21.1. The first kappa shape index (κ1) is 31.8. The molecule has 8 heteroatoms. The highest BCUT2D eigenvalue weighted by Crippen LogP contribution is 2.26. The number of hydrogen-bond donors (Lipinski definition) is 2. The van der Waals surface area contributed by atoms with Crippen LogP contribution in [-0.4, -0.2) is 75.8 Å². The van der Waals surface area contributed by atoms with Gasteiger partial charge < -0.3 is 38.6 Å². The van der Waals surface area contributed by atoms with Crippen molar-refractivity contribution in [1.82, 2.24) is 0 Å². The van der Waals surface area contributed by atoms with Crippen LogP contribution in [0.4, 0.5) is 0 Å². The highest BCUT2D eigenvalue weighted by molar-refractivity contribution is 5.65. The van der Waals surface area contributed by atoms with E-state index >= 15 is 0 Å². The van der Waals surface area contributed by atoms with Crippen LogP contribution in [0.15, 0.2) is 97.1 Å². The standard InChI is InChI=1S/C35H40O8/c1-27(39-24-25-43-35-16-8-31(9-17-35)29-4-12-33(13-5-29)41-21-19-37)26-38-22-23-42-34-14-6-30(7-15-34)28-2-10-32(11-3-28)40-20-18-36/h2-17,27,36-37H,18-26H2,1H3. The summed E-state index contributed by atoms with van der Waals surface area (Å²) in [6, 6.07) is 31.4. The second kappa shape index (κ2) is 17.8. The zero-order valence-electron chi connectivity index (χ0n) is 24.5. The lowest BCUT2D eigenvalue weighted by atomic mass is 10.1. The number of hydrogen-bond acceptors (Lipinski definition) is 8. The molecule has 4 rings (SSSR count). The van der Waals surface area contributed by atoms with Crippen LogP contribution in [0.3, 0.4) is 0 Å². The minimum atomic E-state index is -0.0602. The summed E-state index contributed by atoms with van der Waals surface area (Å²) >= 11 is 0. The Morgan fingerprint density at radius 2 is 0.767 bits per heavy atom. The third-order valence-corrected chi connectivity index (χ3v) is 6.41. The van der Waals surface area contributed by atoms with Gasteiger partial charge in [-0.3, -0.25) is 0 Å². The lowest BCUT2D eigenvalue weighted by molar-refractivity contribution is -0.0207. The lowest BCUT2D eigenvalue weighted by Crippen LogP contribution is -2.21. The molecule has 0 radical (unpaired) electrons. The van der Waals surface area contributed by atoms with E-state index < -0.39 is 0 Å². The van der Waals surface area contributed by atoms with E-state index in [0.717, 1.165) is 45.3 Å². The van der Waals surface area contributed by atoms with E-state index in [1.807, 2.05) is 104 Å². The van der Waals surface area contributed by atoms with Crippen molar-refractivity contribution in [3.05, 3.63) is 97.1 Å². The Bertz CT molecular complexity index is 1310. The van der Waals surface area contributed by atoms with Crippen molar-refractivity contribution < 1.29 is 38.6 Å². The van der Waals surface area contributed by atoms with Gasteiger partial charge >= 0.3 is 0 Å². The molecule has 0 aliphatic carbocycles. The quantitative estimate of drug-likeness (QED) is 0.136. The summed E-state index contributed by atoms with van der Waals surface area (Å²) in [6.45, 7) is 4.83. The number of rotatable bonds is 19. The maximum Gasteiger partial charge on any atom is 0.119 e. The molecule has 4 aromatic rings. The van der Waals surface area contributed by atoms with E-state index in [0.29, 0.717) is 33.0 Å². The fourth-order valence-electron chi connectivity index (χ4n) is 4.23.